The second kappa shape index (κ2) is 7.50. The second-order valence-corrected chi connectivity index (χ2v) is 6.67. The van der Waals surface area contributed by atoms with Gasteiger partial charge in [0.05, 0.1) is 5.56 Å². The van der Waals surface area contributed by atoms with Gasteiger partial charge in [0.2, 0.25) is 0 Å². The molecule has 2 atom stereocenters. The van der Waals surface area contributed by atoms with Gasteiger partial charge in [-0.15, -0.1) is 0 Å². The number of nitrogens with one attached hydrogen (secondary N) is 2. The number of carbonyl (C=O) groups excluding carboxylic acids is 1. The third-order valence-electron chi connectivity index (χ3n) is 4.65. The van der Waals surface area contributed by atoms with Crippen molar-refractivity contribution in [3.63, 3.8) is 0 Å². The fourth-order valence-corrected chi connectivity index (χ4v) is 3.30. The van der Waals surface area contributed by atoms with Crippen LogP contribution in [0.5, 0.6) is 0 Å². The third kappa shape index (κ3) is 4.25. The number of hydrogen-bond acceptors (Lipinski definition) is 2. The number of piperidine rings is 1. The molecule has 26 heavy (non-hydrogen) atoms. The van der Waals surface area contributed by atoms with Crippen LogP contribution in [0.3, 0.4) is 0 Å². The molecule has 1 aliphatic rings. The molecule has 2 aromatic carbocycles. The Balaban J connectivity index is 1.82. The van der Waals surface area contributed by atoms with E-state index in [-0.39, 0.29) is 11.9 Å². The molecule has 0 radical (unpaired) electrons. The van der Waals surface area contributed by atoms with Crippen LogP contribution in [-0.2, 0) is 6.18 Å². The summed E-state index contributed by atoms with van der Waals surface area (Å²) in [6.45, 7) is 2.93. The van der Waals surface area contributed by atoms with E-state index < -0.39 is 11.7 Å². The van der Waals surface area contributed by atoms with Gasteiger partial charge >= 0.3 is 6.18 Å². The number of carbonyl (C=O) groups is 1. The monoisotopic (exact) mass is 362 g/mol. The van der Waals surface area contributed by atoms with Crippen molar-refractivity contribution in [1.82, 2.24) is 10.6 Å². The van der Waals surface area contributed by atoms with Crippen molar-refractivity contribution in [1.29, 1.82) is 0 Å². The van der Waals surface area contributed by atoms with Crippen LogP contribution >= 0.6 is 0 Å². The highest BCUT2D eigenvalue weighted by molar-refractivity contribution is 6.01. The van der Waals surface area contributed by atoms with Crippen molar-refractivity contribution in [2.24, 2.45) is 0 Å². The first kappa shape index (κ1) is 18.5. The highest BCUT2D eigenvalue weighted by Crippen LogP contribution is 2.32. The SMILES string of the molecule is CC1CC(NC(=O)c2ccccc2-c2ccc(C(F)(F)F)cc2)CCN1. The molecule has 2 unspecified atom stereocenters. The smallest absolute Gasteiger partial charge is 0.349 e. The van der Waals surface area contributed by atoms with E-state index >= 15 is 0 Å². The Hall–Kier alpha value is -2.34. The van der Waals surface area contributed by atoms with Gasteiger partial charge < -0.3 is 10.6 Å². The standard InChI is InChI=1S/C20H21F3N2O/c1-13-12-16(10-11-24-13)25-19(26)18-5-3-2-4-17(18)14-6-8-15(9-7-14)20(21,22)23/h2-9,13,16,24H,10-12H2,1H3,(H,25,26). The molecule has 3 rings (SSSR count). The van der Waals surface area contributed by atoms with Crippen LogP contribution in [0.1, 0.15) is 35.7 Å². The van der Waals surface area contributed by atoms with E-state index in [4.69, 9.17) is 0 Å². The summed E-state index contributed by atoms with van der Waals surface area (Å²) >= 11 is 0. The zero-order chi connectivity index (χ0) is 18.7. The first-order chi connectivity index (χ1) is 12.3. The van der Waals surface area contributed by atoms with Crippen molar-refractivity contribution >= 4 is 5.91 Å². The average molecular weight is 362 g/mol. The number of alkyl halides is 3. The highest BCUT2D eigenvalue weighted by atomic mass is 19.4. The molecule has 2 N–H and O–H groups in total. The largest absolute Gasteiger partial charge is 0.416 e. The molecule has 1 fully saturated rings. The van der Waals surface area contributed by atoms with Crippen LogP contribution < -0.4 is 10.6 Å². The zero-order valence-corrected chi connectivity index (χ0v) is 14.4. The average Bonchev–Trinajstić information content (AvgIpc) is 2.61. The van der Waals surface area contributed by atoms with Crippen molar-refractivity contribution in [3.05, 3.63) is 59.7 Å². The first-order valence-corrected chi connectivity index (χ1v) is 8.65. The first-order valence-electron chi connectivity index (χ1n) is 8.65. The minimum Gasteiger partial charge on any atom is -0.349 e. The lowest BCUT2D eigenvalue weighted by molar-refractivity contribution is -0.137. The van der Waals surface area contributed by atoms with Gasteiger partial charge in [-0.3, -0.25) is 4.79 Å². The summed E-state index contributed by atoms with van der Waals surface area (Å²) < 4.78 is 38.3. The summed E-state index contributed by atoms with van der Waals surface area (Å²) in [5.74, 6) is -0.195. The van der Waals surface area contributed by atoms with Crippen LogP contribution in [0.25, 0.3) is 11.1 Å². The molecular formula is C20H21F3N2O. The maximum Gasteiger partial charge on any atom is 0.416 e. The minimum absolute atomic E-state index is 0.0967. The van der Waals surface area contributed by atoms with Gasteiger partial charge in [0.1, 0.15) is 0 Å². The zero-order valence-electron chi connectivity index (χ0n) is 14.4. The molecule has 1 amide bonds. The van der Waals surface area contributed by atoms with Crippen molar-refractivity contribution in [2.45, 2.75) is 38.0 Å². The van der Waals surface area contributed by atoms with E-state index in [1.807, 2.05) is 0 Å². The van der Waals surface area contributed by atoms with Crippen molar-refractivity contribution < 1.29 is 18.0 Å². The summed E-state index contributed by atoms with van der Waals surface area (Å²) in [4.78, 5) is 12.7. The van der Waals surface area contributed by atoms with Crippen molar-refractivity contribution in [3.8, 4) is 11.1 Å². The lowest BCUT2D eigenvalue weighted by Crippen LogP contribution is -2.46. The summed E-state index contributed by atoms with van der Waals surface area (Å²) in [7, 11) is 0. The second-order valence-electron chi connectivity index (χ2n) is 6.67. The number of amides is 1. The summed E-state index contributed by atoms with van der Waals surface area (Å²) in [5, 5.41) is 6.39. The van der Waals surface area contributed by atoms with Crippen molar-refractivity contribution in [2.75, 3.05) is 6.54 Å². The van der Waals surface area contributed by atoms with E-state index in [2.05, 4.69) is 17.6 Å². The van der Waals surface area contributed by atoms with Crippen LogP contribution in [0.2, 0.25) is 0 Å². The fourth-order valence-electron chi connectivity index (χ4n) is 3.30. The number of rotatable bonds is 3. The molecule has 1 heterocycles. The predicted octanol–water partition coefficient (Wildman–Crippen LogP) is 4.24. The van der Waals surface area contributed by atoms with E-state index in [0.717, 1.165) is 31.5 Å². The molecule has 138 valence electrons. The Labute approximate surface area is 150 Å². The summed E-state index contributed by atoms with van der Waals surface area (Å²) in [6, 6.07) is 12.3. The van der Waals surface area contributed by atoms with Gasteiger partial charge in [-0.05, 0) is 55.6 Å². The summed E-state index contributed by atoms with van der Waals surface area (Å²) in [5.41, 5.74) is 0.980. The molecule has 1 aliphatic heterocycles. The van der Waals surface area contributed by atoms with Gasteiger partial charge in [-0.1, -0.05) is 30.3 Å². The van der Waals surface area contributed by atoms with Crippen LogP contribution in [0, 0.1) is 0 Å². The van der Waals surface area contributed by atoms with Gasteiger partial charge in [-0.2, -0.15) is 13.2 Å². The van der Waals surface area contributed by atoms with Crippen LogP contribution in [0.15, 0.2) is 48.5 Å². The number of halogens is 3. The van der Waals surface area contributed by atoms with E-state index in [9.17, 15) is 18.0 Å². The Bertz CT molecular complexity index is 771. The normalized spacial score (nSPS) is 20.6. The number of benzene rings is 2. The summed E-state index contributed by atoms with van der Waals surface area (Å²) in [6.07, 6.45) is -2.66. The minimum atomic E-state index is -4.37. The van der Waals surface area contributed by atoms with Gasteiger partial charge in [0, 0.05) is 17.6 Å². The maximum atomic E-state index is 12.8. The lowest BCUT2D eigenvalue weighted by Gasteiger charge is -2.29. The maximum absolute atomic E-state index is 12.8. The Morgan fingerprint density at radius 2 is 1.81 bits per heavy atom. The third-order valence-corrected chi connectivity index (χ3v) is 4.65. The molecule has 1 saturated heterocycles. The van der Waals surface area contributed by atoms with E-state index in [1.54, 1.807) is 24.3 Å². The van der Waals surface area contributed by atoms with Gasteiger partial charge in [0.15, 0.2) is 0 Å². The molecule has 6 heteroatoms. The lowest BCUT2D eigenvalue weighted by atomic mass is 9.96. The molecule has 0 spiro atoms. The topological polar surface area (TPSA) is 41.1 Å². The molecule has 2 aromatic rings. The number of hydrogen-bond donors (Lipinski definition) is 2. The highest BCUT2D eigenvalue weighted by Gasteiger charge is 2.30. The van der Waals surface area contributed by atoms with Crippen LogP contribution in [0.4, 0.5) is 13.2 Å². The predicted molar refractivity (Wildman–Crippen MR) is 94.8 cm³/mol. The Morgan fingerprint density at radius 1 is 1.12 bits per heavy atom. The quantitative estimate of drug-likeness (QED) is 0.857. The van der Waals surface area contributed by atoms with Gasteiger partial charge in [-0.25, -0.2) is 0 Å². The molecular weight excluding hydrogens is 341 g/mol. The van der Waals surface area contributed by atoms with Crippen LogP contribution in [-0.4, -0.2) is 24.5 Å². The Morgan fingerprint density at radius 3 is 2.46 bits per heavy atom. The molecule has 0 aliphatic carbocycles. The van der Waals surface area contributed by atoms with E-state index in [1.165, 1.54) is 12.1 Å². The van der Waals surface area contributed by atoms with Gasteiger partial charge in [0.25, 0.3) is 5.91 Å². The molecule has 0 bridgehead atoms. The van der Waals surface area contributed by atoms with E-state index in [0.29, 0.717) is 22.7 Å². The molecule has 0 aromatic heterocycles. The molecule has 3 nitrogen and oxygen atoms in total. The fraction of sp³-hybridized carbons (Fsp3) is 0.350. The Kier molecular flexibility index (Phi) is 5.32. The molecule has 0 saturated carbocycles.